The molecule has 2 N–H and O–H groups in total. The molecular formula is C56H78N2O6S2. The smallest absolute Gasteiger partial charge is 0.243 e. The molecule has 2 aliphatic heterocycles. The highest BCUT2D eigenvalue weighted by Gasteiger charge is 2.50. The number of hydrogen-bond acceptors (Lipinski definition) is 6. The maximum Gasteiger partial charge on any atom is 0.243 e. The van der Waals surface area contributed by atoms with Crippen LogP contribution in [0.3, 0.4) is 0 Å². The van der Waals surface area contributed by atoms with Crippen LogP contribution in [0.25, 0.3) is 0 Å². The molecule has 8 rings (SSSR count). The average Bonchev–Trinajstić information content (AvgIpc) is 3.29. The van der Waals surface area contributed by atoms with Crippen LogP contribution in [0, 0.1) is 34.5 Å². The zero-order valence-electron chi connectivity index (χ0n) is 40.7. The predicted molar refractivity (Wildman–Crippen MR) is 267 cm³/mol. The second-order valence-electron chi connectivity index (χ2n) is 22.6. The van der Waals surface area contributed by atoms with Crippen molar-refractivity contribution in [2.45, 2.75) is 139 Å². The first kappa shape index (κ1) is 50.5. The van der Waals surface area contributed by atoms with E-state index in [0.29, 0.717) is 59.6 Å². The molecule has 10 heteroatoms. The summed E-state index contributed by atoms with van der Waals surface area (Å²) in [5.74, 6) is 2.10. The molecule has 2 aliphatic carbocycles. The lowest BCUT2D eigenvalue weighted by atomic mass is 9.58. The zero-order chi connectivity index (χ0) is 47.4. The van der Waals surface area contributed by atoms with Crippen LogP contribution in [-0.2, 0) is 43.7 Å². The lowest BCUT2D eigenvalue weighted by Crippen LogP contribution is -2.54. The van der Waals surface area contributed by atoms with Gasteiger partial charge in [-0.15, -0.1) is 0 Å². The van der Waals surface area contributed by atoms with Crippen molar-refractivity contribution in [1.82, 2.24) is 8.61 Å². The van der Waals surface area contributed by atoms with Crippen LogP contribution in [-0.4, -0.2) is 75.1 Å². The summed E-state index contributed by atoms with van der Waals surface area (Å²) >= 11 is 0. The Labute approximate surface area is 398 Å². The number of fused-ring (bicyclic) bond motifs is 2. The molecule has 0 spiro atoms. The Hall–Kier alpha value is -3.38. The number of hydrogen-bond donors (Lipinski definition) is 2. The van der Waals surface area contributed by atoms with Crippen LogP contribution >= 0.6 is 0 Å². The van der Waals surface area contributed by atoms with Crippen molar-refractivity contribution in [2.24, 2.45) is 34.5 Å². The van der Waals surface area contributed by atoms with E-state index in [4.69, 9.17) is 0 Å². The summed E-state index contributed by atoms with van der Waals surface area (Å²) in [4.78, 5) is 0.801. The van der Waals surface area contributed by atoms with Crippen molar-refractivity contribution in [3.63, 3.8) is 0 Å². The van der Waals surface area contributed by atoms with Gasteiger partial charge in [-0.05, 0) is 169 Å². The molecule has 0 unspecified atom stereocenters. The number of benzene rings is 4. The van der Waals surface area contributed by atoms with Crippen molar-refractivity contribution >= 4 is 20.0 Å². The minimum atomic E-state index is -3.54. The van der Waals surface area contributed by atoms with Crippen molar-refractivity contribution in [3.05, 3.63) is 131 Å². The molecule has 360 valence electrons. The lowest BCUT2D eigenvalue weighted by Gasteiger charge is -2.52. The monoisotopic (exact) mass is 939 g/mol. The summed E-state index contributed by atoms with van der Waals surface area (Å²) in [5, 5.41) is 18.9. The molecule has 6 atom stereocenters. The van der Waals surface area contributed by atoms with Gasteiger partial charge < -0.3 is 10.2 Å². The molecular weight excluding hydrogens is 861 g/mol. The van der Waals surface area contributed by atoms with E-state index in [0.717, 1.165) is 88.2 Å². The van der Waals surface area contributed by atoms with Crippen LogP contribution in [0.5, 0.6) is 0 Å². The largest absolute Gasteiger partial charge is 0.396 e. The molecule has 0 aromatic heterocycles. The molecule has 8 nitrogen and oxygen atoms in total. The Kier molecular flexibility index (Phi) is 15.8. The SMILES string of the molecule is CC(C)(C)c1ccc(S(=O)(=O)N2CC[C@H]3C[C@@H](CCO)CC[C@]3(Cc3ccccc3)C2)cc1.CC(C)(C)c1ccc(S(=O)(=O)N2CC[C@H]3C[C@H](CCO)CC[C@]3(Cc3ccccc3)C2)cc1. The van der Waals surface area contributed by atoms with Gasteiger partial charge in [0, 0.05) is 39.4 Å². The lowest BCUT2D eigenvalue weighted by molar-refractivity contribution is -0.000215. The zero-order valence-corrected chi connectivity index (χ0v) is 42.3. The van der Waals surface area contributed by atoms with Crippen LogP contribution in [0.15, 0.2) is 119 Å². The van der Waals surface area contributed by atoms with Gasteiger partial charge >= 0.3 is 0 Å². The molecule has 66 heavy (non-hydrogen) atoms. The minimum Gasteiger partial charge on any atom is -0.396 e. The highest BCUT2D eigenvalue weighted by Crippen LogP contribution is 2.53. The van der Waals surface area contributed by atoms with Crippen molar-refractivity contribution in [1.29, 1.82) is 0 Å². The molecule has 2 saturated carbocycles. The van der Waals surface area contributed by atoms with Gasteiger partial charge in [-0.1, -0.05) is 126 Å². The van der Waals surface area contributed by atoms with Gasteiger partial charge in [0.15, 0.2) is 0 Å². The molecule has 4 aliphatic rings. The Balaban J connectivity index is 0.000000196. The van der Waals surface area contributed by atoms with E-state index >= 15 is 0 Å². The number of rotatable bonds is 12. The Morgan fingerprint density at radius 3 is 1.18 bits per heavy atom. The summed E-state index contributed by atoms with van der Waals surface area (Å²) in [5.41, 5.74) is 4.77. The van der Waals surface area contributed by atoms with Crippen molar-refractivity contribution in [3.8, 4) is 0 Å². The van der Waals surface area contributed by atoms with Crippen LogP contribution in [0.4, 0.5) is 0 Å². The predicted octanol–water partition coefficient (Wildman–Crippen LogP) is 10.8. The summed E-state index contributed by atoms with van der Waals surface area (Å²) in [7, 11) is -7.07. The van der Waals surface area contributed by atoms with E-state index in [9.17, 15) is 27.0 Å². The average molecular weight is 939 g/mol. The first-order valence-electron chi connectivity index (χ1n) is 24.8. The standard InChI is InChI=1S/2C28H39NO3S/c2*1-27(2,3)24-9-11-26(12-10-24)33(31,32)29-17-14-25-19-22(15-18-30)13-16-28(25,21-29)20-23-7-5-4-6-8-23/h2*4-12,22,25,30H,13-21H2,1-3H3/t22-,25+,28+;22-,25-,28-/m10/s1. The summed E-state index contributed by atoms with van der Waals surface area (Å²) in [6.07, 6.45) is 11.7. The number of sulfonamides is 2. The summed E-state index contributed by atoms with van der Waals surface area (Å²) in [6, 6.07) is 36.0. The van der Waals surface area contributed by atoms with E-state index in [1.54, 1.807) is 32.9 Å². The Morgan fingerprint density at radius 1 is 0.515 bits per heavy atom. The fourth-order valence-electron chi connectivity index (χ4n) is 12.1. The second kappa shape index (κ2) is 20.7. The van der Waals surface area contributed by atoms with E-state index in [1.165, 1.54) is 11.1 Å². The molecule has 0 bridgehead atoms. The molecule has 0 amide bonds. The van der Waals surface area contributed by atoms with Gasteiger partial charge in [0.2, 0.25) is 20.0 Å². The number of aliphatic hydroxyl groups excluding tert-OH is 2. The van der Waals surface area contributed by atoms with Gasteiger partial charge in [-0.2, -0.15) is 8.61 Å². The van der Waals surface area contributed by atoms with Crippen LogP contribution in [0.2, 0.25) is 0 Å². The van der Waals surface area contributed by atoms with Gasteiger partial charge in [0.25, 0.3) is 0 Å². The maximum absolute atomic E-state index is 13.7. The topological polar surface area (TPSA) is 115 Å². The third-order valence-corrected chi connectivity index (χ3v) is 19.8. The fourth-order valence-corrected chi connectivity index (χ4v) is 15.2. The third kappa shape index (κ3) is 11.5. The fraction of sp³-hybridized carbons (Fsp3) is 0.571. The summed E-state index contributed by atoms with van der Waals surface area (Å²) < 4.78 is 58.2. The minimum absolute atomic E-state index is 0.00636. The van der Waals surface area contributed by atoms with E-state index < -0.39 is 20.0 Å². The highest BCUT2D eigenvalue weighted by molar-refractivity contribution is 7.89. The van der Waals surface area contributed by atoms with Crippen LogP contribution < -0.4 is 0 Å². The van der Waals surface area contributed by atoms with Gasteiger partial charge in [-0.25, -0.2) is 16.8 Å². The highest BCUT2D eigenvalue weighted by atomic mass is 32.2. The van der Waals surface area contributed by atoms with Crippen molar-refractivity contribution in [2.75, 3.05) is 39.4 Å². The maximum atomic E-state index is 13.7. The first-order chi connectivity index (χ1) is 31.3. The normalized spacial score (nSPS) is 26.7. The molecule has 4 fully saturated rings. The van der Waals surface area contributed by atoms with Gasteiger partial charge in [-0.3, -0.25) is 0 Å². The van der Waals surface area contributed by atoms with Gasteiger partial charge in [0.1, 0.15) is 0 Å². The molecule has 4 aromatic rings. The van der Waals surface area contributed by atoms with E-state index in [-0.39, 0.29) is 34.9 Å². The van der Waals surface area contributed by atoms with E-state index in [1.807, 2.05) is 36.4 Å². The summed E-state index contributed by atoms with van der Waals surface area (Å²) in [6.45, 7) is 15.7. The molecule has 4 aromatic carbocycles. The van der Waals surface area contributed by atoms with Crippen LogP contribution in [0.1, 0.15) is 128 Å². The van der Waals surface area contributed by atoms with Crippen molar-refractivity contribution < 1.29 is 27.0 Å². The quantitative estimate of drug-likeness (QED) is 0.146. The third-order valence-electron chi connectivity index (χ3n) is 16.1. The van der Waals surface area contributed by atoms with Gasteiger partial charge in [0.05, 0.1) is 9.79 Å². The number of piperidine rings is 2. The Morgan fingerprint density at radius 2 is 0.864 bits per heavy atom. The number of aliphatic hydroxyl groups is 2. The molecule has 2 heterocycles. The number of nitrogens with zero attached hydrogens (tertiary/aromatic N) is 2. The van der Waals surface area contributed by atoms with E-state index in [2.05, 4.69) is 90.1 Å². The first-order valence-corrected chi connectivity index (χ1v) is 27.7. The molecule has 2 saturated heterocycles. The Bertz CT molecular complexity index is 2230. The second-order valence-corrected chi connectivity index (χ2v) is 26.4. The molecule has 0 radical (unpaired) electrons.